The second-order valence-corrected chi connectivity index (χ2v) is 9.23. The smallest absolute Gasteiger partial charge is 0.224 e. The monoisotopic (exact) mass is 354 g/mol. The summed E-state index contributed by atoms with van der Waals surface area (Å²) in [6.07, 6.45) is 2.25. The van der Waals surface area contributed by atoms with Gasteiger partial charge in [0.1, 0.15) is 6.29 Å². The van der Waals surface area contributed by atoms with Crippen LogP contribution in [0.4, 0.5) is 5.69 Å². The lowest BCUT2D eigenvalue weighted by Crippen LogP contribution is -2.39. The third kappa shape index (κ3) is 6.05. The first kappa shape index (κ1) is 20.3. The van der Waals surface area contributed by atoms with Crippen LogP contribution in [0, 0.1) is 6.92 Å². The molecule has 0 aliphatic rings. The molecule has 0 aliphatic carbocycles. The molecule has 7 heteroatoms. The van der Waals surface area contributed by atoms with Gasteiger partial charge in [0.15, 0.2) is 0 Å². The van der Waals surface area contributed by atoms with Crippen molar-refractivity contribution in [3.63, 3.8) is 0 Å². The Morgan fingerprint density at radius 2 is 1.88 bits per heavy atom. The number of aldehydes is 1. The predicted octanol–water partition coefficient (Wildman–Crippen LogP) is 2.63. The molecule has 0 radical (unpaired) electrons. The molecule has 1 amide bonds. The van der Waals surface area contributed by atoms with Gasteiger partial charge in [0.05, 0.1) is 4.75 Å². The van der Waals surface area contributed by atoms with Gasteiger partial charge in [-0.3, -0.25) is 9.59 Å². The zero-order chi connectivity index (χ0) is 18.4. The molecule has 0 fully saturated rings. The number of hydrogen-bond acceptors (Lipinski definition) is 4. The number of amides is 1. The number of carbonyl (C=O) groups is 2. The van der Waals surface area contributed by atoms with Crippen LogP contribution in [0.5, 0.6) is 0 Å². The first-order valence-electron chi connectivity index (χ1n) is 7.92. The van der Waals surface area contributed by atoms with Crippen molar-refractivity contribution < 1.29 is 18.0 Å². The van der Waals surface area contributed by atoms with E-state index in [0.29, 0.717) is 37.1 Å². The zero-order valence-corrected chi connectivity index (χ0v) is 15.5. The summed E-state index contributed by atoms with van der Waals surface area (Å²) in [6.45, 7) is 7.06. The zero-order valence-electron chi connectivity index (χ0n) is 14.7. The molecular weight excluding hydrogens is 328 g/mol. The molecule has 1 aromatic carbocycles. The molecule has 6 nitrogen and oxygen atoms in total. The van der Waals surface area contributed by atoms with Gasteiger partial charge in [-0.25, -0.2) is 13.1 Å². The van der Waals surface area contributed by atoms with E-state index in [1.165, 1.54) is 0 Å². The molecule has 0 unspecified atom stereocenters. The summed E-state index contributed by atoms with van der Waals surface area (Å²) in [5.41, 5.74) is 2.07. The predicted molar refractivity (Wildman–Crippen MR) is 95.7 cm³/mol. The van der Waals surface area contributed by atoms with E-state index in [2.05, 4.69) is 10.0 Å². The number of nitrogens with one attached hydrogen (secondary N) is 2. The van der Waals surface area contributed by atoms with Crippen molar-refractivity contribution in [2.45, 2.75) is 51.7 Å². The van der Waals surface area contributed by atoms with E-state index in [1.54, 1.807) is 39.0 Å². The average molecular weight is 354 g/mol. The lowest BCUT2D eigenvalue weighted by molar-refractivity contribution is -0.116. The van der Waals surface area contributed by atoms with E-state index in [4.69, 9.17) is 0 Å². The number of unbranched alkanes of at least 4 members (excludes halogenated alkanes) is 1. The van der Waals surface area contributed by atoms with Crippen molar-refractivity contribution in [2.75, 3.05) is 11.9 Å². The Morgan fingerprint density at radius 3 is 2.42 bits per heavy atom. The van der Waals surface area contributed by atoms with Gasteiger partial charge in [-0.15, -0.1) is 0 Å². The molecule has 0 saturated heterocycles. The Bertz CT molecular complexity index is 691. The largest absolute Gasteiger partial charge is 0.326 e. The summed E-state index contributed by atoms with van der Waals surface area (Å²) in [5.74, 6) is -0.129. The Hall–Kier alpha value is -1.73. The highest BCUT2D eigenvalue weighted by atomic mass is 32.2. The Balaban J connectivity index is 2.36. The maximum atomic E-state index is 11.9. The standard InChI is InChI=1S/C17H26N2O4S/c1-13-11-14(12-20)8-9-15(13)19-16(21)7-5-6-10-18-24(22,23)17(2,3)4/h8-9,11-12,18H,5-7,10H2,1-4H3,(H,19,21). The van der Waals surface area contributed by atoms with Crippen molar-refractivity contribution in [1.82, 2.24) is 4.72 Å². The summed E-state index contributed by atoms with van der Waals surface area (Å²) in [5, 5.41) is 2.80. The fourth-order valence-electron chi connectivity index (χ4n) is 1.95. The first-order valence-corrected chi connectivity index (χ1v) is 9.40. The van der Waals surface area contributed by atoms with Crippen molar-refractivity contribution in [2.24, 2.45) is 0 Å². The summed E-state index contributed by atoms with van der Waals surface area (Å²) in [7, 11) is -3.34. The van der Waals surface area contributed by atoms with Crippen molar-refractivity contribution in [3.8, 4) is 0 Å². The van der Waals surface area contributed by atoms with E-state index in [0.717, 1.165) is 11.8 Å². The highest BCUT2D eigenvalue weighted by Crippen LogP contribution is 2.16. The maximum Gasteiger partial charge on any atom is 0.224 e. The number of aryl methyl sites for hydroxylation is 1. The highest BCUT2D eigenvalue weighted by molar-refractivity contribution is 7.90. The Labute approximate surface area is 144 Å². The molecule has 0 bridgehead atoms. The minimum Gasteiger partial charge on any atom is -0.326 e. The van der Waals surface area contributed by atoms with Gasteiger partial charge in [-0.2, -0.15) is 0 Å². The molecule has 2 N–H and O–H groups in total. The van der Waals surface area contributed by atoms with Crippen LogP contribution in [0.3, 0.4) is 0 Å². The minimum absolute atomic E-state index is 0.129. The molecule has 0 spiro atoms. The fraction of sp³-hybridized carbons (Fsp3) is 0.529. The van der Waals surface area contributed by atoms with Gasteiger partial charge >= 0.3 is 0 Å². The van der Waals surface area contributed by atoms with Crippen LogP contribution in [0.25, 0.3) is 0 Å². The van der Waals surface area contributed by atoms with Crippen LogP contribution in [-0.4, -0.2) is 31.9 Å². The Kier molecular flexibility index (Phi) is 7.10. The van der Waals surface area contributed by atoms with Crippen LogP contribution in [0.2, 0.25) is 0 Å². The lowest BCUT2D eigenvalue weighted by atomic mass is 10.1. The van der Waals surface area contributed by atoms with Crippen LogP contribution in [0.15, 0.2) is 18.2 Å². The van der Waals surface area contributed by atoms with Gasteiger partial charge in [0, 0.05) is 24.2 Å². The number of sulfonamides is 1. The third-order valence-electron chi connectivity index (χ3n) is 3.59. The van der Waals surface area contributed by atoms with E-state index >= 15 is 0 Å². The topological polar surface area (TPSA) is 92.3 Å². The highest BCUT2D eigenvalue weighted by Gasteiger charge is 2.27. The van der Waals surface area contributed by atoms with Crippen LogP contribution in [-0.2, 0) is 14.8 Å². The minimum atomic E-state index is -3.34. The summed E-state index contributed by atoms with van der Waals surface area (Å²) >= 11 is 0. The van der Waals surface area contributed by atoms with E-state index in [-0.39, 0.29) is 5.91 Å². The first-order chi connectivity index (χ1) is 11.1. The molecule has 1 aromatic rings. The normalized spacial score (nSPS) is 12.0. The third-order valence-corrected chi connectivity index (χ3v) is 5.79. The number of hydrogen-bond donors (Lipinski definition) is 2. The number of rotatable bonds is 8. The summed E-state index contributed by atoms with van der Waals surface area (Å²) in [4.78, 5) is 22.6. The molecule has 0 aromatic heterocycles. The molecular formula is C17H26N2O4S. The average Bonchev–Trinajstić information content (AvgIpc) is 2.47. The fourth-order valence-corrected chi connectivity index (χ4v) is 2.79. The van der Waals surface area contributed by atoms with Gasteiger partial charge in [0.2, 0.25) is 15.9 Å². The van der Waals surface area contributed by atoms with Crippen molar-refractivity contribution in [1.29, 1.82) is 0 Å². The van der Waals surface area contributed by atoms with Gasteiger partial charge in [-0.05, 0) is 64.3 Å². The van der Waals surface area contributed by atoms with Crippen LogP contribution >= 0.6 is 0 Å². The van der Waals surface area contributed by atoms with Crippen molar-refractivity contribution in [3.05, 3.63) is 29.3 Å². The maximum absolute atomic E-state index is 11.9. The number of carbonyl (C=O) groups excluding carboxylic acids is 2. The number of anilines is 1. The second kappa shape index (κ2) is 8.39. The van der Waals surface area contributed by atoms with E-state index < -0.39 is 14.8 Å². The van der Waals surface area contributed by atoms with Crippen LogP contribution in [0.1, 0.15) is 56.0 Å². The SMILES string of the molecule is Cc1cc(C=O)ccc1NC(=O)CCCCNS(=O)(=O)C(C)(C)C. The van der Waals surface area contributed by atoms with Gasteiger partial charge in [0.25, 0.3) is 0 Å². The molecule has 1 rings (SSSR count). The molecule has 0 heterocycles. The van der Waals surface area contributed by atoms with Gasteiger partial charge < -0.3 is 5.32 Å². The molecule has 0 saturated carbocycles. The van der Waals surface area contributed by atoms with E-state index in [1.807, 2.05) is 6.92 Å². The molecule has 24 heavy (non-hydrogen) atoms. The number of benzene rings is 1. The van der Waals surface area contributed by atoms with Crippen LogP contribution < -0.4 is 10.0 Å². The molecule has 0 aliphatic heterocycles. The lowest BCUT2D eigenvalue weighted by Gasteiger charge is -2.19. The summed E-state index contributed by atoms with van der Waals surface area (Å²) < 4.78 is 25.4. The van der Waals surface area contributed by atoms with Gasteiger partial charge in [-0.1, -0.05) is 0 Å². The summed E-state index contributed by atoms with van der Waals surface area (Å²) in [6, 6.07) is 5.06. The second-order valence-electron chi connectivity index (χ2n) is 6.71. The Morgan fingerprint density at radius 1 is 1.21 bits per heavy atom. The molecule has 0 atom stereocenters. The van der Waals surface area contributed by atoms with E-state index in [9.17, 15) is 18.0 Å². The van der Waals surface area contributed by atoms with Crippen molar-refractivity contribution >= 4 is 27.9 Å². The quantitative estimate of drug-likeness (QED) is 0.554. The molecule has 134 valence electrons.